The zero-order valence-corrected chi connectivity index (χ0v) is 9.12. The fraction of sp³-hybridized carbons (Fsp3) is 0.0909. The molecular weight excluding hydrogens is 224 g/mol. The summed E-state index contributed by atoms with van der Waals surface area (Å²) in [6.45, 7) is 0.578. The predicted molar refractivity (Wildman–Crippen MR) is 62.1 cm³/mol. The van der Waals surface area contributed by atoms with E-state index in [1.165, 1.54) is 0 Å². The first kappa shape index (κ1) is 10.5. The van der Waals surface area contributed by atoms with E-state index in [2.05, 4.69) is 21.4 Å². The molecule has 0 bridgehead atoms. The van der Waals surface area contributed by atoms with E-state index in [0.29, 0.717) is 17.1 Å². The standard InChI is InChI=1S/C11H9ClN4/c12-10-2-1-3-11(9(10)4-13)15-6-8-5-14-7-16-8/h1-3,5,7,15H,6H2,(H,14,16). The number of hydrogen-bond donors (Lipinski definition) is 2. The molecule has 2 aromatic rings. The SMILES string of the molecule is N#Cc1c(Cl)cccc1NCc1cnc[nH]1. The predicted octanol–water partition coefficient (Wildman–Crippen LogP) is 2.55. The van der Waals surface area contributed by atoms with Gasteiger partial charge in [-0.15, -0.1) is 0 Å². The van der Waals surface area contributed by atoms with Crippen LogP contribution in [0, 0.1) is 11.3 Å². The summed E-state index contributed by atoms with van der Waals surface area (Å²) >= 11 is 5.91. The van der Waals surface area contributed by atoms with E-state index in [1.807, 2.05) is 6.07 Å². The van der Waals surface area contributed by atoms with Gasteiger partial charge in [-0.1, -0.05) is 17.7 Å². The van der Waals surface area contributed by atoms with Gasteiger partial charge in [-0.05, 0) is 12.1 Å². The highest BCUT2D eigenvalue weighted by Gasteiger charge is 2.05. The average molecular weight is 233 g/mol. The van der Waals surface area contributed by atoms with Crippen molar-refractivity contribution in [3.8, 4) is 6.07 Å². The van der Waals surface area contributed by atoms with E-state index in [0.717, 1.165) is 11.4 Å². The van der Waals surface area contributed by atoms with Crippen molar-refractivity contribution in [3.63, 3.8) is 0 Å². The van der Waals surface area contributed by atoms with E-state index in [9.17, 15) is 0 Å². The van der Waals surface area contributed by atoms with Gasteiger partial charge in [-0.25, -0.2) is 4.98 Å². The largest absolute Gasteiger partial charge is 0.378 e. The Hall–Kier alpha value is -1.99. The summed E-state index contributed by atoms with van der Waals surface area (Å²) in [5.74, 6) is 0. The molecule has 0 unspecified atom stereocenters. The molecule has 1 heterocycles. The number of imidazole rings is 1. The molecule has 0 saturated carbocycles. The summed E-state index contributed by atoms with van der Waals surface area (Å²) in [5, 5.41) is 12.5. The molecule has 2 N–H and O–H groups in total. The van der Waals surface area contributed by atoms with E-state index in [4.69, 9.17) is 16.9 Å². The van der Waals surface area contributed by atoms with Gasteiger partial charge in [0.1, 0.15) is 6.07 Å². The van der Waals surface area contributed by atoms with Crippen LogP contribution in [0.5, 0.6) is 0 Å². The number of halogens is 1. The van der Waals surface area contributed by atoms with Crippen molar-refractivity contribution < 1.29 is 0 Å². The van der Waals surface area contributed by atoms with Gasteiger partial charge in [-0.2, -0.15) is 5.26 Å². The lowest BCUT2D eigenvalue weighted by Gasteiger charge is -2.07. The van der Waals surface area contributed by atoms with Crippen LogP contribution in [0.4, 0.5) is 5.69 Å². The van der Waals surface area contributed by atoms with E-state index in [1.54, 1.807) is 24.7 Å². The summed E-state index contributed by atoms with van der Waals surface area (Å²) < 4.78 is 0. The number of anilines is 1. The van der Waals surface area contributed by atoms with Gasteiger partial charge >= 0.3 is 0 Å². The molecule has 0 amide bonds. The Morgan fingerprint density at radius 1 is 1.50 bits per heavy atom. The first-order valence-electron chi connectivity index (χ1n) is 4.71. The Kier molecular flexibility index (Phi) is 3.08. The van der Waals surface area contributed by atoms with Crippen LogP contribution in [-0.2, 0) is 6.54 Å². The van der Waals surface area contributed by atoms with Crippen LogP contribution in [-0.4, -0.2) is 9.97 Å². The zero-order chi connectivity index (χ0) is 11.4. The molecule has 1 aromatic carbocycles. The maximum absolute atomic E-state index is 8.96. The zero-order valence-electron chi connectivity index (χ0n) is 8.37. The molecule has 0 aliphatic heterocycles. The highest BCUT2D eigenvalue weighted by atomic mass is 35.5. The molecule has 0 atom stereocenters. The summed E-state index contributed by atoms with van der Waals surface area (Å²) in [6, 6.07) is 7.39. The van der Waals surface area contributed by atoms with Crippen molar-refractivity contribution in [2.45, 2.75) is 6.54 Å². The van der Waals surface area contributed by atoms with Gasteiger partial charge in [0, 0.05) is 6.20 Å². The molecule has 0 saturated heterocycles. The molecule has 0 aliphatic carbocycles. The second-order valence-electron chi connectivity index (χ2n) is 3.20. The molecule has 0 spiro atoms. The minimum atomic E-state index is 0.456. The maximum Gasteiger partial charge on any atom is 0.103 e. The molecule has 80 valence electrons. The van der Waals surface area contributed by atoms with E-state index in [-0.39, 0.29) is 0 Å². The molecule has 0 aliphatic rings. The molecule has 2 rings (SSSR count). The Labute approximate surface area is 97.9 Å². The van der Waals surface area contributed by atoms with Gasteiger partial charge in [-0.3, -0.25) is 0 Å². The molecule has 16 heavy (non-hydrogen) atoms. The quantitative estimate of drug-likeness (QED) is 0.855. The summed E-state index contributed by atoms with van der Waals surface area (Å²) in [4.78, 5) is 6.88. The third-order valence-electron chi connectivity index (χ3n) is 2.15. The maximum atomic E-state index is 8.96. The topological polar surface area (TPSA) is 64.5 Å². The number of nitrogens with one attached hydrogen (secondary N) is 2. The molecule has 0 fully saturated rings. The lowest BCUT2D eigenvalue weighted by atomic mass is 10.2. The normalized spacial score (nSPS) is 9.75. The number of nitrogens with zero attached hydrogens (tertiary/aromatic N) is 2. The number of rotatable bonds is 3. The number of aromatic nitrogens is 2. The monoisotopic (exact) mass is 232 g/mol. The highest BCUT2D eigenvalue weighted by molar-refractivity contribution is 6.32. The second-order valence-corrected chi connectivity index (χ2v) is 3.61. The Morgan fingerprint density at radius 2 is 2.38 bits per heavy atom. The summed E-state index contributed by atoms with van der Waals surface area (Å²) in [7, 11) is 0. The Morgan fingerprint density at radius 3 is 3.06 bits per heavy atom. The van der Waals surface area contributed by atoms with Gasteiger partial charge in [0.25, 0.3) is 0 Å². The summed E-state index contributed by atoms with van der Waals surface area (Å²) in [6.07, 6.45) is 3.34. The van der Waals surface area contributed by atoms with Gasteiger partial charge < -0.3 is 10.3 Å². The fourth-order valence-corrected chi connectivity index (χ4v) is 1.57. The Bertz CT molecular complexity index is 513. The lowest BCUT2D eigenvalue weighted by Crippen LogP contribution is -2.01. The van der Waals surface area contributed by atoms with Crippen LogP contribution < -0.4 is 5.32 Å². The fourth-order valence-electron chi connectivity index (χ4n) is 1.36. The number of hydrogen-bond acceptors (Lipinski definition) is 3. The third-order valence-corrected chi connectivity index (χ3v) is 2.46. The first-order valence-corrected chi connectivity index (χ1v) is 5.09. The molecular formula is C11H9ClN4. The number of H-pyrrole nitrogens is 1. The summed E-state index contributed by atoms with van der Waals surface area (Å²) in [5.41, 5.74) is 2.14. The van der Waals surface area contributed by atoms with Crippen LogP contribution in [0.2, 0.25) is 5.02 Å². The van der Waals surface area contributed by atoms with Gasteiger partial charge in [0.15, 0.2) is 0 Å². The van der Waals surface area contributed by atoms with Crippen molar-refractivity contribution in [2.75, 3.05) is 5.32 Å². The van der Waals surface area contributed by atoms with Crippen LogP contribution in [0.15, 0.2) is 30.7 Å². The third kappa shape index (κ3) is 2.15. The van der Waals surface area contributed by atoms with Crippen LogP contribution in [0.25, 0.3) is 0 Å². The molecule has 4 nitrogen and oxygen atoms in total. The molecule has 5 heteroatoms. The van der Waals surface area contributed by atoms with Crippen LogP contribution in [0.1, 0.15) is 11.3 Å². The van der Waals surface area contributed by atoms with E-state index >= 15 is 0 Å². The second kappa shape index (κ2) is 4.69. The smallest absolute Gasteiger partial charge is 0.103 e. The Balaban J connectivity index is 2.16. The molecule has 0 radical (unpaired) electrons. The van der Waals surface area contributed by atoms with Crippen molar-refractivity contribution in [1.29, 1.82) is 5.26 Å². The van der Waals surface area contributed by atoms with Crippen molar-refractivity contribution in [1.82, 2.24) is 9.97 Å². The van der Waals surface area contributed by atoms with Gasteiger partial charge in [0.2, 0.25) is 0 Å². The van der Waals surface area contributed by atoms with Crippen molar-refractivity contribution in [3.05, 3.63) is 47.0 Å². The first-order chi connectivity index (χ1) is 7.81. The van der Waals surface area contributed by atoms with Crippen LogP contribution >= 0.6 is 11.6 Å². The number of nitriles is 1. The van der Waals surface area contributed by atoms with Crippen molar-refractivity contribution in [2.24, 2.45) is 0 Å². The van der Waals surface area contributed by atoms with Gasteiger partial charge in [0.05, 0.1) is 34.8 Å². The highest BCUT2D eigenvalue weighted by Crippen LogP contribution is 2.23. The van der Waals surface area contributed by atoms with Crippen molar-refractivity contribution >= 4 is 17.3 Å². The minimum absolute atomic E-state index is 0.456. The lowest BCUT2D eigenvalue weighted by molar-refractivity contribution is 1.07. The number of benzene rings is 1. The average Bonchev–Trinajstić information content (AvgIpc) is 2.79. The number of aromatic amines is 1. The van der Waals surface area contributed by atoms with Crippen LogP contribution in [0.3, 0.4) is 0 Å². The van der Waals surface area contributed by atoms with E-state index < -0.39 is 0 Å². The minimum Gasteiger partial charge on any atom is -0.378 e. The molecule has 1 aromatic heterocycles.